The summed E-state index contributed by atoms with van der Waals surface area (Å²) in [4.78, 5) is 0. The third-order valence-electron chi connectivity index (χ3n) is 3.29. The Bertz CT molecular complexity index is 348. The smallest absolute Gasteiger partial charge is 0.130 e. The van der Waals surface area contributed by atoms with E-state index in [-0.39, 0.29) is 0 Å². The number of benzene rings is 1. The highest BCUT2D eigenvalue weighted by atomic mass is 19.1. The first kappa shape index (κ1) is 11.6. The summed E-state index contributed by atoms with van der Waals surface area (Å²) < 4.78 is 13.8. The van der Waals surface area contributed by atoms with Crippen molar-refractivity contribution in [3.63, 3.8) is 0 Å². The lowest BCUT2D eigenvalue weighted by atomic mass is 9.92. The van der Waals surface area contributed by atoms with Gasteiger partial charge in [-0.1, -0.05) is 30.7 Å². The Morgan fingerprint density at radius 3 is 2.75 bits per heavy atom. The van der Waals surface area contributed by atoms with Crippen molar-refractivity contribution in [2.45, 2.75) is 44.8 Å². The number of halogens is 1. The normalized spacial score (nSPS) is 22.1. The molecule has 1 fully saturated rings. The average Bonchev–Trinajstić information content (AvgIpc) is 2.29. The third kappa shape index (κ3) is 2.62. The molecule has 1 aromatic rings. The highest BCUT2D eigenvalue weighted by molar-refractivity contribution is 5.29. The van der Waals surface area contributed by atoms with Gasteiger partial charge in [0, 0.05) is 6.04 Å². The summed E-state index contributed by atoms with van der Waals surface area (Å²) in [6.45, 7) is 4.30. The Kier molecular flexibility index (Phi) is 3.29. The maximum Gasteiger partial charge on any atom is 0.130 e. The summed E-state index contributed by atoms with van der Waals surface area (Å²) in [7, 11) is 0. The van der Waals surface area contributed by atoms with E-state index in [2.05, 4.69) is 11.4 Å². The molecule has 0 amide bonds. The fourth-order valence-corrected chi connectivity index (χ4v) is 2.26. The minimum absolute atomic E-state index is 0.413. The molecule has 88 valence electrons. The molecule has 1 atom stereocenters. The van der Waals surface area contributed by atoms with Gasteiger partial charge in [0.2, 0.25) is 0 Å². The van der Waals surface area contributed by atoms with Crippen LogP contribution in [0.3, 0.4) is 0 Å². The van der Waals surface area contributed by atoms with Crippen LogP contribution in [-0.4, -0.2) is 6.54 Å². The average molecular weight is 221 g/mol. The molecule has 1 saturated heterocycles. The molecule has 1 aliphatic rings. The molecule has 1 aromatic carbocycles. The van der Waals surface area contributed by atoms with E-state index >= 15 is 0 Å². The number of hydrogen-bond donors (Lipinski definition) is 1. The zero-order valence-electron chi connectivity index (χ0n) is 10.1. The lowest BCUT2D eigenvalue weighted by Crippen LogP contribution is -2.27. The number of hydrogen-bond acceptors (Lipinski definition) is 1. The Hall–Kier alpha value is -0.890. The van der Waals surface area contributed by atoms with Crippen molar-refractivity contribution >= 4 is 0 Å². The van der Waals surface area contributed by atoms with Crippen molar-refractivity contribution in [1.82, 2.24) is 5.32 Å². The summed E-state index contributed by atoms with van der Waals surface area (Å²) in [6, 6.07) is 8.34. The molecule has 0 spiro atoms. The van der Waals surface area contributed by atoms with Crippen LogP contribution in [0.4, 0.5) is 4.39 Å². The highest BCUT2D eigenvalue weighted by Gasteiger charge is 2.21. The maximum absolute atomic E-state index is 13.8. The van der Waals surface area contributed by atoms with Crippen LogP contribution in [0, 0.1) is 0 Å². The van der Waals surface area contributed by atoms with Crippen molar-refractivity contribution < 1.29 is 4.39 Å². The largest absolute Gasteiger partial charge is 0.310 e. The van der Waals surface area contributed by atoms with E-state index in [1.54, 1.807) is 13.8 Å². The first-order valence-corrected chi connectivity index (χ1v) is 6.10. The first-order valence-electron chi connectivity index (χ1n) is 6.10. The zero-order valence-corrected chi connectivity index (χ0v) is 10.1. The molecule has 1 heterocycles. The maximum atomic E-state index is 13.8. The van der Waals surface area contributed by atoms with Gasteiger partial charge in [-0.15, -0.1) is 0 Å². The van der Waals surface area contributed by atoms with Crippen molar-refractivity contribution in [2.75, 3.05) is 6.54 Å². The SMILES string of the molecule is CC(C)(F)c1cccc(C2CCCCN2)c1. The molecule has 0 bridgehead atoms. The molecule has 0 aliphatic carbocycles. The van der Waals surface area contributed by atoms with E-state index in [1.165, 1.54) is 18.4 Å². The molecule has 1 unspecified atom stereocenters. The van der Waals surface area contributed by atoms with E-state index in [9.17, 15) is 4.39 Å². The topological polar surface area (TPSA) is 12.0 Å². The number of nitrogens with one attached hydrogen (secondary N) is 1. The Morgan fingerprint density at radius 2 is 2.12 bits per heavy atom. The van der Waals surface area contributed by atoms with Crippen molar-refractivity contribution in [1.29, 1.82) is 0 Å². The second kappa shape index (κ2) is 4.54. The second-order valence-corrected chi connectivity index (χ2v) is 5.10. The molecule has 2 rings (SSSR count). The third-order valence-corrected chi connectivity index (χ3v) is 3.29. The lowest BCUT2D eigenvalue weighted by Gasteiger charge is -2.25. The quantitative estimate of drug-likeness (QED) is 0.802. The van der Waals surface area contributed by atoms with Gasteiger partial charge in [-0.3, -0.25) is 0 Å². The minimum atomic E-state index is -1.25. The fourth-order valence-electron chi connectivity index (χ4n) is 2.26. The van der Waals surface area contributed by atoms with Crippen molar-refractivity contribution in [2.24, 2.45) is 0 Å². The molecule has 1 N–H and O–H groups in total. The molecule has 1 nitrogen and oxygen atoms in total. The van der Waals surface area contributed by atoms with Gasteiger partial charge in [-0.25, -0.2) is 4.39 Å². The standard InChI is InChI=1S/C14H20FN/c1-14(2,15)12-7-5-6-11(10-12)13-8-3-4-9-16-13/h5-7,10,13,16H,3-4,8-9H2,1-2H3. The van der Waals surface area contributed by atoms with Crippen LogP contribution < -0.4 is 5.32 Å². The predicted octanol–water partition coefficient (Wildman–Crippen LogP) is 3.71. The number of piperidine rings is 1. The fraction of sp³-hybridized carbons (Fsp3) is 0.571. The summed E-state index contributed by atoms with van der Waals surface area (Å²) >= 11 is 0. The summed E-state index contributed by atoms with van der Waals surface area (Å²) in [5.74, 6) is 0. The van der Waals surface area contributed by atoms with Gasteiger partial charge >= 0.3 is 0 Å². The van der Waals surface area contributed by atoms with Gasteiger partial charge in [-0.2, -0.15) is 0 Å². The van der Waals surface area contributed by atoms with Gasteiger partial charge in [0.05, 0.1) is 0 Å². The van der Waals surface area contributed by atoms with E-state index in [0.717, 1.165) is 18.5 Å². The van der Waals surface area contributed by atoms with Crippen LogP contribution in [-0.2, 0) is 5.67 Å². The van der Waals surface area contributed by atoms with Crippen LogP contribution >= 0.6 is 0 Å². The molecule has 1 aliphatic heterocycles. The molecule has 0 aromatic heterocycles. The van der Waals surface area contributed by atoms with E-state index < -0.39 is 5.67 Å². The van der Waals surface area contributed by atoms with Gasteiger partial charge in [0.1, 0.15) is 5.67 Å². The van der Waals surface area contributed by atoms with Crippen LogP contribution in [0.15, 0.2) is 24.3 Å². The lowest BCUT2D eigenvalue weighted by molar-refractivity contribution is 0.221. The van der Waals surface area contributed by atoms with E-state index in [0.29, 0.717) is 6.04 Å². The molecule has 16 heavy (non-hydrogen) atoms. The first-order chi connectivity index (χ1) is 7.57. The number of rotatable bonds is 2. The van der Waals surface area contributed by atoms with Crippen LogP contribution in [0.5, 0.6) is 0 Å². The molecular weight excluding hydrogens is 201 g/mol. The molecule has 0 saturated carbocycles. The monoisotopic (exact) mass is 221 g/mol. The van der Waals surface area contributed by atoms with Gasteiger partial charge in [0.15, 0.2) is 0 Å². The van der Waals surface area contributed by atoms with Crippen molar-refractivity contribution in [3.8, 4) is 0 Å². The van der Waals surface area contributed by atoms with Crippen LogP contribution in [0.1, 0.15) is 50.3 Å². The van der Waals surface area contributed by atoms with Gasteiger partial charge in [0.25, 0.3) is 0 Å². The van der Waals surface area contributed by atoms with Crippen LogP contribution in [0.25, 0.3) is 0 Å². The summed E-state index contributed by atoms with van der Waals surface area (Å²) in [5.41, 5.74) is 0.755. The van der Waals surface area contributed by atoms with Crippen molar-refractivity contribution in [3.05, 3.63) is 35.4 Å². The number of alkyl halides is 1. The molecule has 2 heteroatoms. The molecular formula is C14H20FN. The van der Waals surface area contributed by atoms with Crippen LogP contribution in [0.2, 0.25) is 0 Å². The van der Waals surface area contributed by atoms with E-state index in [4.69, 9.17) is 0 Å². The summed E-state index contributed by atoms with van der Waals surface area (Å²) in [6.07, 6.45) is 3.68. The minimum Gasteiger partial charge on any atom is -0.310 e. The van der Waals surface area contributed by atoms with Gasteiger partial charge in [-0.05, 0) is 44.4 Å². The molecule has 0 radical (unpaired) electrons. The predicted molar refractivity (Wildman–Crippen MR) is 65.2 cm³/mol. The second-order valence-electron chi connectivity index (χ2n) is 5.10. The Morgan fingerprint density at radius 1 is 1.31 bits per heavy atom. The Balaban J connectivity index is 2.21. The van der Waals surface area contributed by atoms with E-state index in [1.807, 2.05) is 18.2 Å². The Labute approximate surface area is 97.1 Å². The highest BCUT2D eigenvalue weighted by Crippen LogP contribution is 2.29. The zero-order chi connectivity index (χ0) is 11.6. The summed E-state index contributed by atoms with van der Waals surface area (Å²) in [5, 5.41) is 3.49. The van der Waals surface area contributed by atoms with Gasteiger partial charge < -0.3 is 5.32 Å².